The van der Waals surface area contributed by atoms with E-state index in [4.69, 9.17) is 5.73 Å². The zero-order valence-electron chi connectivity index (χ0n) is 11.3. The molecule has 0 saturated heterocycles. The van der Waals surface area contributed by atoms with Crippen molar-refractivity contribution in [2.75, 3.05) is 5.32 Å². The van der Waals surface area contributed by atoms with E-state index in [1.807, 2.05) is 0 Å². The Morgan fingerprint density at radius 1 is 1.43 bits per heavy atom. The van der Waals surface area contributed by atoms with E-state index in [0.717, 1.165) is 10.6 Å². The minimum absolute atomic E-state index is 0.122. The van der Waals surface area contributed by atoms with Crippen molar-refractivity contribution in [3.05, 3.63) is 24.2 Å². The number of hydrogen-bond acceptors (Lipinski definition) is 4. The smallest absolute Gasteiger partial charge is 0.368 e. The molecule has 6 nitrogen and oxygen atoms in total. The molecular formula is C12H14F3N5O. The number of nitrogens with zero attached hydrogens (tertiary/aromatic N) is 3. The summed E-state index contributed by atoms with van der Waals surface area (Å²) in [5.74, 6) is -0.628. The summed E-state index contributed by atoms with van der Waals surface area (Å²) in [6.45, 7) is 3.53. The van der Waals surface area contributed by atoms with Gasteiger partial charge in [-0.15, -0.1) is 0 Å². The van der Waals surface area contributed by atoms with Gasteiger partial charge in [0.1, 0.15) is 11.6 Å². The number of primary amides is 1. The fraction of sp³-hybridized carbons (Fsp3) is 0.417. The molecule has 2 aromatic heterocycles. The molecule has 9 heteroatoms. The van der Waals surface area contributed by atoms with Gasteiger partial charge in [-0.3, -0.25) is 4.79 Å². The van der Waals surface area contributed by atoms with Gasteiger partial charge in [0.05, 0.1) is 0 Å². The third kappa shape index (κ3) is 3.06. The van der Waals surface area contributed by atoms with E-state index in [9.17, 15) is 18.0 Å². The Morgan fingerprint density at radius 3 is 2.62 bits per heavy atom. The topological polar surface area (TPSA) is 85.3 Å². The highest BCUT2D eigenvalue weighted by Gasteiger charge is 2.34. The monoisotopic (exact) mass is 301 g/mol. The van der Waals surface area contributed by atoms with Crippen LogP contribution in [0.15, 0.2) is 18.5 Å². The lowest BCUT2D eigenvalue weighted by molar-refractivity contribution is -0.141. The first kappa shape index (κ1) is 15.1. The standard InChI is InChI=1S/C12H14F3N5O/c1-6(2)9(10(16)21)18-11-7-5-8(12(13,14)15)19-20(7)4-3-17-11/h3-6,9H,1-2H3,(H2,16,21)(H,17,18). The van der Waals surface area contributed by atoms with Gasteiger partial charge in [0.15, 0.2) is 11.5 Å². The minimum Gasteiger partial charge on any atom is -0.368 e. The Hall–Kier alpha value is -2.32. The first-order valence-electron chi connectivity index (χ1n) is 6.17. The van der Waals surface area contributed by atoms with Crippen molar-refractivity contribution in [3.8, 4) is 0 Å². The van der Waals surface area contributed by atoms with E-state index in [2.05, 4.69) is 15.4 Å². The molecule has 2 aromatic rings. The predicted molar refractivity (Wildman–Crippen MR) is 69.4 cm³/mol. The van der Waals surface area contributed by atoms with Crippen molar-refractivity contribution in [2.24, 2.45) is 11.7 Å². The van der Waals surface area contributed by atoms with Crippen LogP contribution in [0.3, 0.4) is 0 Å². The second-order valence-corrected chi connectivity index (χ2v) is 4.90. The van der Waals surface area contributed by atoms with Crippen LogP contribution in [0, 0.1) is 5.92 Å². The summed E-state index contributed by atoms with van der Waals surface area (Å²) in [6, 6.07) is 0.126. The van der Waals surface area contributed by atoms with E-state index in [-0.39, 0.29) is 17.3 Å². The minimum atomic E-state index is -4.55. The van der Waals surface area contributed by atoms with Crippen LogP contribution in [-0.4, -0.2) is 26.5 Å². The summed E-state index contributed by atoms with van der Waals surface area (Å²) in [7, 11) is 0. The van der Waals surface area contributed by atoms with E-state index < -0.39 is 23.8 Å². The Bertz CT molecular complexity index is 664. The Labute approximate surface area is 118 Å². The zero-order valence-corrected chi connectivity index (χ0v) is 11.3. The number of carbonyl (C=O) groups excluding carboxylic acids is 1. The number of carbonyl (C=O) groups is 1. The maximum atomic E-state index is 12.7. The molecule has 0 bridgehead atoms. The van der Waals surface area contributed by atoms with Crippen molar-refractivity contribution in [3.63, 3.8) is 0 Å². The fourth-order valence-corrected chi connectivity index (χ4v) is 1.89. The molecule has 3 N–H and O–H groups in total. The fourth-order valence-electron chi connectivity index (χ4n) is 1.89. The van der Waals surface area contributed by atoms with Gasteiger partial charge < -0.3 is 11.1 Å². The lowest BCUT2D eigenvalue weighted by atomic mass is 10.0. The number of halogens is 3. The normalized spacial score (nSPS) is 13.6. The van der Waals surface area contributed by atoms with Crippen molar-refractivity contribution in [1.82, 2.24) is 14.6 Å². The maximum Gasteiger partial charge on any atom is 0.435 e. The van der Waals surface area contributed by atoms with Gasteiger partial charge in [-0.1, -0.05) is 13.8 Å². The van der Waals surface area contributed by atoms with Crippen LogP contribution in [0.1, 0.15) is 19.5 Å². The lowest BCUT2D eigenvalue weighted by Gasteiger charge is -2.19. The SMILES string of the molecule is CC(C)C(Nc1nccn2nc(C(F)(F)F)cc12)C(N)=O. The largest absolute Gasteiger partial charge is 0.435 e. The van der Waals surface area contributed by atoms with Crippen molar-refractivity contribution < 1.29 is 18.0 Å². The summed E-state index contributed by atoms with van der Waals surface area (Å²) in [5, 5.41) is 6.21. The number of rotatable bonds is 4. The number of anilines is 1. The van der Waals surface area contributed by atoms with E-state index in [1.165, 1.54) is 12.4 Å². The second-order valence-electron chi connectivity index (χ2n) is 4.90. The van der Waals surface area contributed by atoms with E-state index in [0.29, 0.717) is 0 Å². The molecule has 2 heterocycles. The number of fused-ring (bicyclic) bond motifs is 1. The molecule has 0 radical (unpaired) electrons. The molecule has 2 rings (SSSR count). The number of nitrogens with two attached hydrogens (primary N) is 1. The highest BCUT2D eigenvalue weighted by atomic mass is 19.4. The van der Waals surface area contributed by atoms with Crippen LogP contribution in [0.5, 0.6) is 0 Å². The van der Waals surface area contributed by atoms with Crippen molar-refractivity contribution in [1.29, 1.82) is 0 Å². The van der Waals surface area contributed by atoms with Crippen LogP contribution in [0.4, 0.5) is 19.0 Å². The van der Waals surface area contributed by atoms with Gasteiger partial charge >= 0.3 is 6.18 Å². The van der Waals surface area contributed by atoms with Crippen LogP contribution in [0.25, 0.3) is 5.52 Å². The summed E-state index contributed by atoms with van der Waals surface area (Å²) in [5.41, 5.74) is 4.37. The average molecular weight is 301 g/mol. The van der Waals surface area contributed by atoms with Crippen molar-refractivity contribution >= 4 is 17.2 Å². The number of aromatic nitrogens is 3. The second kappa shape index (κ2) is 5.23. The zero-order chi connectivity index (χ0) is 15.8. The van der Waals surface area contributed by atoms with Gasteiger partial charge in [-0.2, -0.15) is 18.3 Å². The van der Waals surface area contributed by atoms with Crippen LogP contribution in [-0.2, 0) is 11.0 Å². The first-order valence-corrected chi connectivity index (χ1v) is 6.17. The molecule has 1 unspecified atom stereocenters. The molecule has 0 aromatic carbocycles. The number of amides is 1. The van der Waals surface area contributed by atoms with E-state index in [1.54, 1.807) is 13.8 Å². The Kier molecular flexibility index (Phi) is 3.75. The summed E-state index contributed by atoms with van der Waals surface area (Å²) in [6.07, 6.45) is -1.96. The average Bonchev–Trinajstić information content (AvgIpc) is 2.79. The molecule has 0 spiro atoms. The molecule has 0 aliphatic carbocycles. The maximum absolute atomic E-state index is 12.7. The van der Waals surface area contributed by atoms with Gasteiger partial charge in [0.2, 0.25) is 5.91 Å². The molecule has 0 saturated carbocycles. The molecule has 114 valence electrons. The summed E-state index contributed by atoms with van der Waals surface area (Å²) in [4.78, 5) is 15.3. The van der Waals surface area contributed by atoms with Crippen LogP contribution < -0.4 is 11.1 Å². The number of hydrogen-bond donors (Lipinski definition) is 2. The van der Waals surface area contributed by atoms with Gasteiger partial charge in [-0.05, 0) is 5.92 Å². The predicted octanol–water partition coefficient (Wildman–Crippen LogP) is 1.67. The van der Waals surface area contributed by atoms with Crippen molar-refractivity contribution in [2.45, 2.75) is 26.1 Å². The van der Waals surface area contributed by atoms with Crippen LogP contribution in [0.2, 0.25) is 0 Å². The first-order chi connectivity index (χ1) is 9.70. The molecule has 0 aliphatic rings. The molecular weight excluding hydrogens is 287 g/mol. The number of alkyl halides is 3. The molecule has 0 fully saturated rings. The highest BCUT2D eigenvalue weighted by Crippen LogP contribution is 2.30. The summed E-state index contributed by atoms with van der Waals surface area (Å²) < 4.78 is 39.1. The Balaban J connectivity index is 2.45. The molecule has 21 heavy (non-hydrogen) atoms. The molecule has 1 amide bonds. The molecule has 1 atom stereocenters. The quantitative estimate of drug-likeness (QED) is 0.899. The third-order valence-corrected chi connectivity index (χ3v) is 2.95. The van der Waals surface area contributed by atoms with Crippen LogP contribution >= 0.6 is 0 Å². The van der Waals surface area contributed by atoms with E-state index >= 15 is 0 Å². The lowest BCUT2D eigenvalue weighted by Crippen LogP contribution is -2.39. The highest BCUT2D eigenvalue weighted by molar-refractivity contribution is 5.84. The Morgan fingerprint density at radius 2 is 2.10 bits per heavy atom. The van der Waals surface area contributed by atoms with Gasteiger partial charge in [0.25, 0.3) is 0 Å². The van der Waals surface area contributed by atoms with Gasteiger partial charge in [-0.25, -0.2) is 9.50 Å². The van der Waals surface area contributed by atoms with Gasteiger partial charge in [0, 0.05) is 18.5 Å². The molecule has 0 aliphatic heterocycles. The number of nitrogens with one attached hydrogen (secondary N) is 1. The third-order valence-electron chi connectivity index (χ3n) is 2.95. The summed E-state index contributed by atoms with van der Waals surface area (Å²) >= 11 is 0.